The highest BCUT2D eigenvalue weighted by Gasteiger charge is 2.22. The maximum absolute atomic E-state index is 12.2. The van der Waals surface area contributed by atoms with Crippen molar-refractivity contribution < 1.29 is 37.9 Å². The second kappa shape index (κ2) is 24.8. The van der Waals surface area contributed by atoms with Crippen molar-refractivity contribution in [3.8, 4) is 0 Å². The van der Waals surface area contributed by atoms with Gasteiger partial charge >= 0.3 is 19.8 Å². The minimum Gasteiger partial charge on any atom is -0.462 e. The van der Waals surface area contributed by atoms with E-state index in [1.54, 1.807) is 0 Å². The highest BCUT2D eigenvalue weighted by molar-refractivity contribution is 7.46. The summed E-state index contributed by atoms with van der Waals surface area (Å²) in [4.78, 5) is 42.3. The number of hydrogen-bond donors (Lipinski definition) is 2. The summed E-state index contributed by atoms with van der Waals surface area (Å²) >= 11 is 0. The Morgan fingerprint density at radius 2 is 0.974 bits per heavy atom. The molecule has 0 aromatic rings. The van der Waals surface area contributed by atoms with Crippen molar-refractivity contribution >= 4 is 19.8 Å². The van der Waals surface area contributed by atoms with E-state index in [1.807, 2.05) is 0 Å². The zero-order chi connectivity index (χ0) is 29.4. The number of phosphoric acid groups is 1. The molecule has 0 aromatic carbocycles. The van der Waals surface area contributed by atoms with Crippen LogP contribution in [0, 0.1) is 11.8 Å². The summed E-state index contributed by atoms with van der Waals surface area (Å²) in [7, 11) is -4.73. The van der Waals surface area contributed by atoms with Crippen LogP contribution >= 0.6 is 7.82 Å². The van der Waals surface area contributed by atoms with Gasteiger partial charge in [0.15, 0.2) is 6.10 Å². The number of rotatable bonds is 27. The molecule has 0 rings (SSSR count). The lowest BCUT2D eigenvalue weighted by Crippen LogP contribution is -2.29. The quantitative estimate of drug-likeness (QED) is 0.0568. The van der Waals surface area contributed by atoms with Gasteiger partial charge in [-0.05, 0) is 24.7 Å². The van der Waals surface area contributed by atoms with Gasteiger partial charge in [0.2, 0.25) is 0 Å². The molecule has 0 saturated heterocycles. The fourth-order valence-electron chi connectivity index (χ4n) is 4.39. The molecule has 0 fully saturated rings. The van der Waals surface area contributed by atoms with Crippen molar-refractivity contribution in [2.75, 3.05) is 13.2 Å². The lowest BCUT2D eigenvalue weighted by atomic mass is 10.0. The first-order valence-electron chi connectivity index (χ1n) is 15.5. The second-order valence-corrected chi connectivity index (χ2v) is 13.0. The molecule has 0 radical (unpaired) electrons. The molecule has 8 nitrogen and oxygen atoms in total. The van der Waals surface area contributed by atoms with E-state index in [4.69, 9.17) is 19.3 Å². The van der Waals surface area contributed by atoms with Crippen molar-refractivity contribution in [3.63, 3.8) is 0 Å². The van der Waals surface area contributed by atoms with Gasteiger partial charge in [-0.2, -0.15) is 0 Å². The van der Waals surface area contributed by atoms with E-state index < -0.39 is 32.5 Å². The summed E-state index contributed by atoms with van der Waals surface area (Å²) in [6.45, 7) is 8.19. The first-order chi connectivity index (χ1) is 18.5. The van der Waals surface area contributed by atoms with Crippen LogP contribution in [0.15, 0.2) is 0 Å². The van der Waals surface area contributed by atoms with Crippen molar-refractivity contribution in [3.05, 3.63) is 0 Å². The summed E-state index contributed by atoms with van der Waals surface area (Å²) in [5, 5.41) is 0. The Hall–Kier alpha value is -0.950. The van der Waals surface area contributed by atoms with Crippen molar-refractivity contribution in [2.24, 2.45) is 11.8 Å². The molecule has 0 aromatic heterocycles. The van der Waals surface area contributed by atoms with E-state index in [0.717, 1.165) is 50.4 Å². The summed E-state index contributed by atoms with van der Waals surface area (Å²) in [5.41, 5.74) is 0. The number of hydrogen-bond acceptors (Lipinski definition) is 6. The molecule has 232 valence electrons. The topological polar surface area (TPSA) is 119 Å². The Morgan fingerprint density at radius 1 is 0.590 bits per heavy atom. The first kappa shape index (κ1) is 38.0. The van der Waals surface area contributed by atoms with Gasteiger partial charge in [0, 0.05) is 12.8 Å². The maximum Gasteiger partial charge on any atom is 0.469 e. The third kappa shape index (κ3) is 29.8. The van der Waals surface area contributed by atoms with Crippen molar-refractivity contribution in [1.29, 1.82) is 0 Å². The normalized spacial score (nSPS) is 12.7. The van der Waals surface area contributed by atoms with Crippen LogP contribution in [0.3, 0.4) is 0 Å². The molecule has 39 heavy (non-hydrogen) atoms. The maximum atomic E-state index is 12.2. The molecule has 2 N–H and O–H groups in total. The molecule has 1 atom stereocenters. The largest absolute Gasteiger partial charge is 0.469 e. The van der Waals surface area contributed by atoms with Crippen LogP contribution in [0.25, 0.3) is 0 Å². The van der Waals surface area contributed by atoms with E-state index in [9.17, 15) is 14.2 Å². The van der Waals surface area contributed by atoms with Gasteiger partial charge < -0.3 is 19.3 Å². The number of carbonyl (C=O) groups is 2. The minimum absolute atomic E-state index is 0.214. The molecule has 9 heteroatoms. The van der Waals surface area contributed by atoms with E-state index in [-0.39, 0.29) is 19.4 Å². The standard InChI is InChI=1S/C30H59O8P/c1-26(2)20-16-12-8-5-6-10-15-19-23-30(32)38-28(25-37-39(33,34)35)24-36-29(31)22-18-14-11-7-9-13-17-21-27(3)4/h26-28H,5-25H2,1-4H3,(H2,33,34,35)/t28-/m1/s1. The second-order valence-electron chi connectivity index (χ2n) is 11.7. The third-order valence-electron chi connectivity index (χ3n) is 6.73. The Morgan fingerprint density at radius 3 is 1.38 bits per heavy atom. The minimum atomic E-state index is -4.73. The average molecular weight is 579 g/mol. The Kier molecular flexibility index (Phi) is 24.2. The van der Waals surface area contributed by atoms with Gasteiger partial charge in [0.05, 0.1) is 6.61 Å². The van der Waals surface area contributed by atoms with E-state index in [2.05, 4.69) is 32.2 Å². The number of ether oxygens (including phenoxy) is 2. The predicted molar refractivity (Wildman–Crippen MR) is 156 cm³/mol. The van der Waals surface area contributed by atoms with Crippen LogP contribution in [-0.4, -0.2) is 41.0 Å². The average Bonchev–Trinajstić information content (AvgIpc) is 2.84. The smallest absolute Gasteiger partial charge is 0.462 e. The number of unbranched alkanes of at least 4 members (excludes halogenated alkanes) is 13. The number of esters is 2. The van der Waals surface area contributed by atoms with Crippen LogP contribution in [0.1, 0.15) is 150 Å². The van der Waals surface area contributed by atoms with Crippen LogP contribution in [0.5, 0.6) is 0 Å². The van der Waals surface area contributed by atoms with Gasteiger partial charge in [-0.15, -0.1) is 0 Å². The Balaban J connectivity index is 4.06. The molecule has 0 aliphatic rings. The van der Waals surface area contributed by atoms with Gasteiger partial charge in [-0.1, -0.05) is 124 Å². The van der Waals surface area contributed by atoms with Crippen LogP contribution in [-0.2, 0) is 28.2 Å². The SMILES string of the molecule is CC(C)CCCCCCCCCCC(=O)O[C@H](COC(=O)CCCCCCCCCC(C)C)COP(=O)(O)O. The van der Waals surface area contributed by atoms with E-state index >= 15 is 0 Å². The zero-order valence-corrected chi connectivity index (χ0v) is 26.3. The fraction of sp³-hybridized carbons (Fsp3) is 0.933. The molecule has 0 amide bonds. The highest BCUT2D eigenvalue weighted by atomic mass is 31.2. The van der Waals surface area contributed by atoms with Gasteiger partial charge in [0.1, 0.15) is 6.61 Å². The molecule has 0 heterocycles. The van der Waals surface area contributed by atoms with Crippen LogP contribution < -0.4 is 0 Å². The molecular formula is C30H59O8P. The summed E-state index contributed by atoms with van der Waals surface area (Å²) in [6, 6.07) is 0. The third-order valence-corrected chi connectivity index (χ3v) is 7.22. The Labute approximate surface area is 238 Å². The molecule has 0 unspecified atom stereocenters. The van der Waals surface area contributed by atoms with Gasteiger partial charge in [-0.3, -0.25) is 14.1 Å². The number of carbonyl (C=O) groups excluding carboxylic acids is 2. The van der Waals surface area contributed by atoms with Crippen molar-refractivity contribution in [2.45, 2.75) is 156 Å². The van der Waals surface area contributed by atoms with Gasteiger partial charge in [-0.25, -0.2) is 4.57 Å². The van der Waals surface area contributed by atoms with E-state index in [0.29, 0.717) is 6.42 Å². The van der Waals surface area contributed by atoms with Crippen molar-refractivity contribution in [1.82, 2.24) is 0 Å². The molecule has 0 bridgehead atoms. The monoisotopic (exact) mass is 578 g/mol. The molecule has 0 aliphatic carbocycles. The van der Waals surface area contributed by atoms with E-state index in [1.165, 1.54) is 64.2 Å². The molecule has 0 aliphatic heterocycles. The lowest BCUT2D eigenvalue weighted by molar-refractivity contribution is -0.161. The lowest BCUT2D eigenvalue weighted by Gasteiger charge is -2.18. The van der Waals surface area contributed by atoms with Gasteiger partial charge in [0.25, 0.3) is 0 Å². The highest BCUT2D eigenvalue weighted by Crippen LogP contribution is 2.35. The molecule has 0 saturated carbocycles. The predicted octanol–water partition coefficient (Wildman–Crippen LogP) is 8.27. The molecule has 0 spiro atoms. The summed E-state index contributed by atoms with van der Waals surface area (Å²) in [5.74, 6) is 0.644. The zero-order valence-electron chi connectivity index (χ0n) is 25.4. The van der Waals surface area contributed by atoms with Crippen LogP contribution in [0.2, 0.25) is 0 Å². The fourth-order valence-corrected chi connectivity index (χ4v) is 4.75. The number of phosphoric ester groups is 1. The molecular weight excluding hydrogens is 519 g/mol. The summed E-state index contributed by atoms with van der Waals surface area (Å²) < 4.78 is 26.1. The summed E-state index contributed by atoms with van der Waals surface area (Å²) in [6.07, 6.45) is 18.6. The van der Waals surface area contributed by atoms with Crippen LogP contribution in [0.4, 0.5) is 0 Å². The Bertz CT molecular complexity index is 647. The first-order valence-corrected chi connectivity index (χ1v) is 17.1.